The summed E-state index contributed by atoms with van der Waals surface area (Å²) in [6, 6.07) is 20.5. The molecule has 0 fully saturated rings. The number of benzene rings is 3. The quantitative estimate of drug-likeness (QED) is 0.502. The van der Waals surface area contributed by atoms with Gasteiger partial charge in [-0.15, -0.1) is 0 Å². The predicted octanol–water partition coefficient (Wildman–Crippen LogP) is 3.69. The van der Waals surface area contributed by atoms with Crippen LogP contribution in [0.5, 0.6) is 0 Å². The smallest absolute Gasteiger partial charge is 0.242 e. The van der Waals surface area contributed by atoms with Gasteiger partial charge in [0.25, 0.3) is 0 Å². The maximum Gasteiger partial charge on any atom is 0.242 e. The number of carbonyl (C=O) groups excluding carboxylic acids is 2. The van der Waals surface area contributed by atoms with E-state index in [1.807, 2.05) is 61.5 Å². The number of amides is 2. The van der Waals surface area contributed by atoms with Gasteiger partial charge in [0.15, 0.2) is 0 Å². The number of rotatable bonds is 8. The molecule has 182 valence electrons. The molecule has 0 saturated heterocycles. The first-order valence-corrected chi connectivity index (χ1v) is 13.1. The molecule has 7 nitrogen and oxygen atoms in total. The SMILES string of the molecule is CCc1ccccc1NC(=O)[C@@H](Cc1ccccc1)NS(=O)(=O)c1ccc2c(c1)CCN2C(C)=O. The summed E-state index contributed by atoms with van der Waals surface area (Å²) in [7, 11) is -4.01. The van der Waals surface area contributed by atoms with Gasteiger partial charge >= 0.3 is 0 Å². The second kappa shape index (κ2) is 10.4. The molecule has 1 aliphatic rings. The topological polar surface area (TPSA) is 95.6 Å². The van der Waals surface area contributed by atoms with Crippen molar-refractivity contribution in [1.82, 2.24) is 4.72 Å². The number of sulfonamides is 1. The number of hydrogen-bond acceptors (Lipinski definition) is 4. The summed E-state index contributed by atoms with van der Waals surface area (Å²) in [6.45, 7) is 4.01. The second-order valence-electron chi connectivity index (χ2n) is 8.57. The van der Waals surface area contributed by atoms with Crippen molar-refractivity contribution in [2.24, 2.45) is 0 Å². The molecule has 0 unspecified atom stereocenters. The monoisotopic (exact) mass is 491 g/mol. The van der Waals surface area contributed by atoms with E-state index >= 15 is 0 Å². The molecule has 3 aromatic rings. The molecule has 0 saturated carbocycles. The van der Waals surface area contributed by atoms with Gasteiger partial charge in [0.2, 0.25) is 21.8 Å². The zero-order valence-corrected chi connectivity index (χ0v) is 20.6. The highest BCUT2D eigenvalue weighted by Gasteiger charge is 2.29. The fourth-order valence-electron chi connectivity index (χ4n) is 4.34. The van der Waals surface area contributed by atoms with E-state index in [4.69, 9.17) is 0 Å². The summed E-state index contributed by atoms with van der Waals surface area (Å²) in [4.78, 5) is 26.9. The largest absolute Gasteiger partial charge is 0.324 e. The standard InChI is InChI=1S/C27H29N3O4S/c1-3-21-11-7-8-12-24(21)28-27(32)25(17-20-9-5-4-6-10-20)29-35(33,34)23-13-14-26-22(18-23)15-16-30(26)19(2)31/h4-14,18,25,29H,3,15-17H2,1-2H3,(H,28,32)/t25-/m1/s1. The van der Waals surface area contributed by atoms with Crippen LogP contribution in [-0.2, 0) is 38.9 Å². The van der Waals surface area contributed by atoms with Crippen LogP contribution in [0.2, 0.25) is 0 Å². The Morgan fingerprint density at radius 3 is 2.43 bits per heavy atom. The minimum atomic E-state index is -4.01. The highest BCUT2D eigenvalue weighted by molar-refractivity contribution is 7.89. The van der Waals surface area contributed by atoms with Crippen LogP contribution in [0.25, 0.3) is 0 Å². The van der Waals surface area contributed by atoms with Gasteiger partial charge < -0.3 is 10.2 Å². The van der Waals surface area contributed by atoms with E-state index < -0.39 is 22.0 Å². The minimum Gasteiger partial charge on any atom is -0.324 e. The molecule has 0 aromatic heterocycles. The molecule has 0 radical (unpaired) electrons. The van der Waals surface area contributed by atoms with E-state index in [2.05, 4.69) is 10.0 Å². The lowest BCUT2D eigenvalue weighted by Gasteiger charge is -2.20. The van der Waals surface area contributed by atoms with Crippen LogP contribution in [0.3, 0.4) is 0 Å². The molecule has 2 N–H and O–H groups in total. The Kier molecular flexibility index (Phi) is 7.33. The number of anilines is 2. The van der Waals surface area contributed by atoms with Crippen molar-refractivity contribution < 1.29 is 18.0 Å². The maximum atomic E-state index is 13.4. The zero-order chi connectivity index (χ0) is 25.0. The van der Waals surface area contributed by atoms with Crippen LogP contribution in [0.1, 0.15) is 30.5 Å². The lowest BCUT2D eigenvalue weighted by Crippen LogP contribution is -2.45. The first-order valence-electron chi connectivity index (χ1n) is 11.6. The van der Waals surface area contributed by atoms with Crippen LogP contribution in [-0.4, -0.2) is 32.8 Å². The van der Waals surface area contributed by atoms with E-state index in [9.17, 15) is 18.0 Å². The molecule has 8 heteroatoms. The van der Waals surface area contributed by atoms with E-state index in [1.165, 1.54) is 13.0 Å². The Morgan fingerprint density at radius 2 is 1.71 bits per heavy atom. The van der Waals surface area contributed by atoms with Crippen molar-refractivity contribution in [3.8, 4) is 0 Å². The van der Waals surface area contributed by atoms with Crippen molar-refractivity contribution in [2.75, 3.05) is 16.8 Å². The molecular weight excluding hydrogens is 462 g/mol. The molecule has 1 heterocycles. The molecule has 35 heavy (non-hydrogen) atoms. The van der Waals surface area contributed by atoms with Crippen LogP contribution >= 0.6 is 0 Å². The highest BCUT2D eigenvalue weighted by atomic mass is 32.2. The van der Waals surface area contributed by atoms with Crippen molar-refractivity contribution in [1.29, 1.82) is 0 Å². The Balaban J connectivity index is 1.61. The van der Waals surface area contributed by atoms with Crippen LogP contribution < -0.4 is 14.9 Å². The lowest BCUT2D eigenvalue weighted by molar-refractivity contribution is -0.118. The van der Waals surface area contributed by atoms with E-state index in [0.29, 0.717) is 18.7 Å². The van der Waals surface area contributed by atoms with Gasteiger partial charge in [0, 0.05) is 24.8 Å². The number of nitrogens with one attached hydrogen (secondary N) is 2. The normalized spacial score (nSPS) is 13.8. The highest BCUT2D eigenvalue weighted by Crippen LogP contribution is 2.30. The minimum absolute atomic E-state index is 0.0708. The van der Waals surface area contributed by atoms with Crippen molar-refractivity contribution >= 4 is 33.2 Å². The Bertz CT molecular complexity index is 1340. The number of hydrogen-bond donors (Lipinski definition) is 2. The molecular formula is C27H29N3O4S. The van der Waals surface area contributed by atoms with Crippen LogP contribution in [0.15, 0.2) is 77.7 Å². The van der Waals surface area contributed by atoms with E-state index in [0.717, 1.165) is 28.8 Å². The second-order valence-corrected chi connectivity index (χ2v) is 10.3. The van der Waals surface area contributed by atoms with Crippen LogP contribution in [0.4, 0.5) is 11.4 Å². The third-order valence-corrected chi connectivity index (χ3v) is 7.66. The van der Waals surface area contributed by atoms with Crippen molar-refractivity contribution in [2.45, 2.75) is 44.0 Å². The first-order chi connectivity index (χ1) is 16.8. The summed E-state index contributed by atoms with van der Waals surface area (Å²) in [5.41, 5.74) is 4.00. The molecule has 1 aliphatic heterocycles. The fraction of sp³-hybridized carbons (Fsp3) is 0.259. The van der Waals surface area contributed by atoms with Crippen molar-refractivity contribution in [3.63, 3.8) is 0 Å². The number of carbonyl (C=O) groups is 2. The molecule has 0 bridgehead atoms. The number of nitrogens with zero attached hydrogens (tertiary/aromatic N) is 1. The number of aryl methyl sites for hydroxylation is 1. The molecule has 3 aromatic carbocycles. The third-order valence-electron chi connectivity index (χ3n) is 6.19. The molecule has 0 spiro atoms. The number of fused-ring (bicyclic) bond motifs is 1. The Hall–Kier alpha value is -3.49. The Morgan fingerprint density at radius 1 is 1.00 bits per heavy atom. The van der Waals surface area contributed by atoms with Gasteiger partial charge in [0.05, 0.1) is 4.90 Å². The average molecular weight is 492 g/mol. The van der Waals surface area contributed by atoms with Gasteiger partial charge in [-0.05, 0) is 60.2 Å². The zero-order valence-electron chi connectivity index (χ0n) is 19.8. The first kappa shape index (κ1) is 24.6. The summed E-state index contributed by atoms with van der Waals surface area (Å²) < 4.78 is 29.3. The molecule has 0 aliphatic carbocycles. The fourth-order valence-corrected chi connectivity index (χ4v) is 5.58. The average Bonchev–Trinajstić information content (AvgIpc) is 3.28. The van der Waals surface area contributed by atoms with Gasteiger partial charge in [-0.25, -0.2) is 8.42 Å². The maximum absolute atomic E-state index is 13.4. The molecule has 4 rings (SSSR count). The molecule has 1 atom stereocenters. The third kappa shape index (κ3) is 5.61. The van der Waals surface area contributed by atoms with Crippen LogP contribution in [0, 0.1) is 0 Å². The summed E-state index contributed by atoms with van der Waals surface area (Å²) >= 11 is 0. The van der Waals surface area contributed by atoms with Gasteiger partial charge in [-0.1, -0.05) is 55.5 Å². The summed E-state index contributed by atoms with van der Waals surface area (Å²) in [5, 5.41) is 2.91. The number of para-hydroxylation sites is 1. The summed E-state index contributed by atoms with van der Waals surface area (Å²) in [5.74, 6) is -0.508. The van der Waals surface area contributed by atoms with Crippen molar-refractivity contribution in [3.05, 3.63) is 89.5 Å². The van der Waals surface area contributed by atoms with E-state index in [1.54, 1.807) is 17.0 Å². The van der Waals surface area contributed by atoms with Gasteiger partial charge in [-0.3, -0.25) is 9.59 Å². The van der Waals surface area contributed by atoms with Gasteiger partial charge in [0.1, 0.15) is 6.04 Å². The van der Waals surface area contributed by atoms with E-state index in [-0.39, 0.29) is 17.2 Å². The van der Waals surface area contributed by atoms with Gasteiger partial charge in [-0.2, -0.15) is 4.72 Å². The summed E-state index contributed by atoms with van der Waals surface area (Å²) in [6.07, 6.45) is 1.52. The Labute approximate surface area is 206 Å². The predicted molar refractivity (Wildman–Crippen MR) is 137 cm³/mol. The molecule has 2 amide bonds. The lowest BCUT2D eigenvalue weighted by atomic mass is 10.1.